The molecule has 0 unspecified atom stereocenters. The maximum absolute atomic E-state index is 12.6. The largest absolute Gasteiger partial charge is 0.497 e. The Balaban J connectivity index is 3.10. The van der Waals surface area contributed by atoms with Crippen LogP contribution in [0.4, 0.5) is 0 Å². The van der Waals surface area contributed by atoms with Crippen LogP contribution in [-0.4, -0.2) is 48.7 Å². The van der Waals surface area contributed by atoms with Crippen molar-refractivity contribution in [2.24, 2.45) is 0 Å². The topological polar surface area (TPSA) is 76.1 Å². The number of nitrogens with zero attached hydrogens (tertiary/aromatic N) is 1. The van der Waals surface area contributed by atoms with Crippen molar-refractivity contribution >= 4 is 11.9 Å². The lowest BCUT2D eigenvalue weighted by molar-refractivity contribution is -0.137. The van der Waals surface area contributed by atoms with E-state index in [-0.39, 0.29) is 24.9 Å². The Labute approximate surface area is 124 Å². The zero-order chi connectivity index (χ0) is 16.0. The Morgan fingerprint density at radius 1 is 1.24 bits per heavy atom. The Morgan fingerprint density at radius 2 is 1.90 bits per heavy atom. The van der Waals surface area contributed by atoms with Gasteiger partial charge in [-0.2, -0.15) is 0 Å². The first-order valence-corrected chi connectivity index (χ1v) is 6.65. The first-order chi connectivity index (χ1) is 9.90. The first kappa shape index (κ1) is 16.8. The average molecular weight is 295 g/mol. The Kier molecular flexibility index (Phi) is 6.02. The number of carbonyl (C=O) groups is 2. The molecule has 0 saturated heterocycles. The Morgan fingerprint density at radius 3 is 2.38 bits per heavy atom. The lowest BCUT2D eigenvalue weighted by Crippen LogP contribution is -2.38. The highest BCUT2D eigenvalue weighted by molar-refractivity contribution is 5.97. The second-order valence-electron chi connectivity index (χ2n) is 4.80. The number of methoxy groups -OCH3 is 2. The van der Waals surface area contributed by atoms with Gasteiger partial charge in [-0.25, -0.2) is 0 Å². The van der Waals surface area contributed by atoms with Gasteiger partial charge in [0, 0.05) is 12.6 Å². The van der Waals surface area contributed by atoms with Crippen molar-refractivity contribution in [2.75, 3.05) is 20.8 Å². The fourth-order valence-corrected chi connectivity index (χ4v) is 1.95. The molecule has 0 saturated carbocycles. The fourth-order valence-electron chi connectivity index (χ4n) is 1.95. The van der Waals surface area contributed by atoms with E-state index >= 15 is 0 Å². The molecule has 6 nitrogen and oxygen atoms in total. The van der Waals surface area contributed by atoms with Crippen LogP contribution in [0.5, 0.6) is 11.5 Å². The standard InChI is InChI=1S/C15H21NO5/c1-10(2)16(8-7-14(17)18)15(19)12-9-11(20-3)5-6-13(12)21-4/h5-6,9-10H,7-8H2,1-4H3,(H,17,18). The van der Waals surface area contributed by atoms with Crippen molar-refractivity contribution in [3.63, 3.8) is 0 Å². The normalized spacial score (nSPS) is 10.3. The van der Waals surface area contributed by atoms with Gasteiger partial charge >= 0.3 is 5.97 Å². The monoisotopic (exact) mass is 295 g/mol. The van der Waals surface area contributed by atoms with Gasteiger partial charge in [-0.05, 0) is 32.0 Å². The van der Waals surface area contributed by atoms with E-state index in [2.05, 4.69) is 0 Å². The van der Waals surface area contributed by atoms with Crippen molar-refractivity contribution in [1.82, 2.24) is 4.90 Å². The molecular weight excluding hydrogens is 274 g/mol. The van der Waals surface area contributed by atoms with Gasteiger partial charge in [0.25, 0.3) is 5.91 Å². The van der Waals surface area contributed by atoms with Gasteiger partial charge < -0.3 is 19.5 Å². The van der Waals surface area contributed by atoms with E-state index < -0.39 is 5.97 Å². The molecule has 0 atom stereocenters. The zero-order valence-electron chi connectivity index (χ0n) is 12.8. The van der Waals surface area contributed by atoms with Gasteiger partial charge in [0.2, 0.25) is 0 Å². The van der Waals surface area contributed by atoms with Crippen molar-refractivity contribution in [3.8, 4) is 11.5 Å². The van der Waals surface area contributed by atoms with Crippen molar-refractivity contribution in [3.05, 3.63) is 23.8 Å². The second kappa shape index (κ2) is 7.52. The molecular formula is C15H21NO5. The van der Waals surface area contributed by atoms with Crippen LogP contribution >= 0.6 is 0 Å². The third kappa shape index (κ3) is 4.37. The van der Waals surface area contributed by atoms with Crippen LogP contribution in [0.3, 0.4) is 0 Å². The number of ether oxygens (including phenoxy) is 2. The number of benzene rings is 1. The molecule has 0 fully saturated rings. The van der Waals surface area contributed by atoms with Crippen LogP contribution in [0.2, 0.25) is 0 Å². The maximum atomic E-state index is 12.6. The van der Waals surface area contributed by atoms with Gasteiger partial charge in [-0.3, -0.25) is 9.59 Å². The van der Waals surface area contributed by atoms with Gasteiger partial charge in [-0.15, -0.1) is 0 Å². The number of carboxylic acids is 1. The van der Waals surface area contributed by atoms with Crippen LogP contribution in [0.25, 0.3) is 0 Å². The van der Waals surface area contributed by atoms with E-state index in [1.165, 1.54) is 19.1 Å². The van der Waals surface area contributed by atoms with Crippen molar-refractivity contribution in [1.29, 1.82) is 0 Å². The van der Waals surface area contributed by atoms with E-state index in [4.69, 9.17) is 14.6 Å². The molecule has 21 heavy (non-hydrogen) atoms. The molecule has 1 amide bonds. The predicted octanol–water partition coefficient (Wildman–Crippen LogP) is 2.03. The molecule has 0 spiro atoms. The summed E-state index contributed by atoms with van der Waals surface area (Å²) in [5.41, 5.74) is 0.357. The molecule has 1 N–H and O–H groups in total. The fraction of sp³-hybridized carbons (Fsp3) is 0.467. The minimum atomic E-state index is -0.939. The number of carboxylic acid groups (broad SMARTS) is 1. The smallest absolute Gasteiger partial charge is 0.305 e. The number of carbonyl (C=O) groups excluding carboxylic acids is 1. The summed E-state index contributed by atoms with van der Waals surface area (Å²) < 4.78 is 10.3. The Hall–Kier alpha value is -2.24. The van der Waals surface area contributed by atoms with E-state index in [0.29, 0.717) is 17.1 Å². The molecule has 0 aliphatic heterocycles. The van der Waals surface area contributed by atoms with Crippen LogP contribution < -0.4 is 9.47 Å². The third-order valence-electron chi connectivity index (χ3n) is 3.09. The van der Waals surface area contributed by atoms with E-state index in [1.54, 1.807) is 18.2 Å². The molecule has 6 heteroatoms. The van der Waals surface area contributed by atoms with E-state index in [9.17, 15) is 9.59 Å². The van der Waals surface area contributed by atoms with Gasteiger partial charge in [0.15, 0.2) is 0 Å². The van der Waals surface area contributed by atoms with E-state index in [0.717, 1.165) is 0 Å². The molecule has 0 aliphatic rings. The molecule has 0 aliphatic carbocycles. The zero-order valence-corrected chi connectivity index (χ0v) is 12.8. The van der Waals surface area contributed by atoms with Gasteiger partial charge in [0.1, 0.15) is 11.5 Å². The summed E-state index contributed by atoms with van der Waals surface area (Å²) in [7, 11) is 3.00. The number of amides is 1. The predicted molar refractivity (Wildman–Crippen MR) is 78.0 cm³/mol. The SMILES string of the molecule is COc1ccc(OC)c(C(=O)N(CCC(=O)O)C(C)C)c1. The molecule has 1 aromatic carbocycles. The lowest BCUT2D eigenvalue weighted by Gasteiger charge is -2.27. The lowest BCUT2D eigenvalue weighted by atomic mass is 10.1. The summed E-state index contributed by atoms with van der Waals surface area (Å²) in [4.78, 5) is 24.9. The summed E-state index contributed by atoms with van der Waals surface area (Å²) in [5.74, 6) is -0.240. The number of aliphatic carboxylic acids is 1. The summed E-state index contributed by atoms with van der Waals surface area (Å²) in [6.07, 6.45) is -0.101. The molecule has 0 heterocycles. The minimum absolute atomic E-state index is 0.101. The molecule has 0 aromatic heterocycles. The highest BCUT2D eigenvalue weighted by atomic mass is 16.5. The van der Waals surface area contributed by atoms with Crippen LogP contribution in [0.1, 0.15) is 30.6 Å². The number of hydrogen-bond acceptors (Lipinski definition) is 4. The summed E-state index contributed by atoms with van der Waals surface area (Å²) in [6.45, 7) is 3.82. The number of hydrogen-bond donors (Lipinski definition) is 1. The summed E-state index contributed by atoms with van der Waals surface area (Å²) >= 11 is 0. The van der Waals surface area contributed by atoms with Crippen molar-refractivity contribution in [2.45, 2.75) is 26.3 Å². The maximum Gasteiger partial charge on any atom is 0.305 e. The number of rotatable bonds is 7. The average Bonchev–Trinajstić information content (AvgIpc) is 2.45. The first-order valence-electron chi connectivity index (χ1n) is 6.65. The van der Waals surface area contributed by atoms with E-state index in [1.807, 2.05) is 13.8 Å². The minimum Gasteiger partial charge on any atom is -0.497 e. The van der Waals surface area contributed by atoms with Gasteiger partial charge in [-0.1, -0.05) is 0 Å². The second-order valence-corrected chi connectivity index (χ2v) is 4.80. The molecule has 0 radical (unpaired) electrons. The molecule has 1 rings (SSSR count). The molecule has 116 valence electrons. The highest BCUT2D eigenvalue weighted by Gasteiger charge is 2.23. The van der Waals surface area contributed by atoms with Crippen molar-refractivity contribution < 1.29 is 24.2 Å². The highest BCUT2D eigenvalue weighted by Crippen LogP contribution is 2.26. The van der Waals surface area contributed by atoms with Gasteiger partial charge in [0.05, 0.1) is 26.2 Å². The quantitative estimate of drug-likeness (QED) is 0.833. The van der Waals surface area contributed by atoms with Crippen LogP contribution in [-0.2, 0) is 4.79 Å². The summed E-state index contributed by atoms with van der Waals surface area (Å²) in [5, 5.41) is 8.80. The molecule has 0 bridgehead atoms. The summed E-state index contributed by atoms with van der Waals surface area (Å²) in [6, 6.07) is 4.83. The molecule has 1 aromatic rings. The van der Waals surface area contributed by atoms with Crippen LogP contribution in [0, 0.1) is 0 Å². The van der Waals surface area contributed by atoms with Crippen LogP contribution in [0.15, 0.2) is 18.2 Å². The Bertz CT molecular complexity index is 513. The third-order valence-corrected chi connectivity index (χ3v) is 3.09.